The largest absolute Gasteiger partial charge is 0.300 e. The van der Waals surface area contributed by atoms with Gasteiger partial charge in [0.05, 0.1) is 11.4 Å². The lowest BCUT2D eigenvalue weighted by Crippen LogP contribution is -2.27. The van der Waals surface area contributed by atoms with E-state index >= 15 is 0 Å². The minimum atomic E-state index is 0.842. The maximum absolute atomic E-state index is 4.93. The molecule has 3 aromatic rings. The van der Waals surface area contributed by atoms with Crippen molar-refractivity contribution in [3.8, 4) is 22.5 Å². The quantitative estimate of drug-likeness (QED) is 0.506. The van der Waals surface area contributed by atoms with Crippen molar-refractivity contribution in [3.63, 3.8) is 0 Å². The topological polar surface area (TPSA) is 43.4 Å². The van der Waals surface area contributed by atoms with E-state index in [0.717, 1.165) is 48.9 Å². The van der Waals surface area contributed by atoms with Crippen LogP contribution in [-0.2, 0) is 13.1 Å². The van der Waals surface area contributed by atoms with Crippen LogP contribution < -0.4 is 10.6 Å². The summed E-state index contributed by atoms with van der Waals surface area (Å²) in [6.07, 6.45) is 0. The molecule has 158 valence electrons. The summed E-state index contributed by atoms with van der Waals surface area (Å²) < 4.78 is 0. The van der Waals surface area contributed by atoms with Gasteiger partial charge in [-0.05, 0) is 57.5 Å². The van der Waals surface area contributed by atoms with Gasteiger partial charge in [-0.3, -0.25) is 9.80 Å². The minimum Gasteiger partial charge on any atom is -0.300 e. The molecule has 0 fully saturated rings. The van der Waals surface area contributed by atoms with Crippen molar-refractivity contribution >= 4 is 0 Å². The van der Waals surface area contributed by atoms with E-state index in [9.17, 15) is 0 Å². The Morgan fingerprint density at radius 2 is 1.20 bits per heavy atom. The van der Waals surface area contributed by atoms with E-state index in [2.05, 4.69) is 115 Å². The van der Waals surface area contributed by atoms with Gasteiger partial charge in [0.25, 0.3) is 0 Å². The van der Waals surface area contributed by atoms with Gasteiger partial charge >= 0.3 is 0 Å². The van der Waals surface area contributed by atoms with Crippen LogP contribution in [0.3, 0.4) is 0 Å². The maximum Gasteiger partial charge on any atom is 0.0709 e. The van der Waals surface area contributed by atoms with E-state index < -0.39 is 0 Å². The van der Waals surface area contributed by atoms with Crippen LogP contribution in [0.2, 0.25) is 0 Å². The highest BCUT2D eigenvalue weighted by Gasteiger charge is 2.05. The number of hydrogen-bond acceptors (Lipinski definition) is 5. The molecule has 2 N–H and O–H groups in total. The molecule has 30 heavy (non-hydrogen) atoms. The Morgan fingerprint density at radius 3 is 1.83 bits per heavy atom. The average Bonchev–Trinajstić information content (AvgIpc) is 2.74. The molecule has 5 nitrogen and oxygen atoms in total. The number of hydrogen-bond donors (Lipinski definition) is 2. The molecule has 0 atom stereocenters. The highest BCUT2D eigenvalue weighted by molar-refractivity contribution is 5.66. The number of pyridine rings is 1. The normalized spacial score (nSPS) is 11.4. The first-order valence-electron chi connectivity index (χ1n) is 10.4. The fourth-order valence-corrected chi connectivity index (χ4v) is 3.24. The monoisotopic (exact) mass is 403 g/mol. The molecule has 0 aliphatic heterocycles. The van der Waals surface area contributed by atoms with E-state index in [0.29, 0.717) is 0 Å². The zero-order chi connectivity index (χ0) is 21.3. The Hall–Kier alpha value is -2.57. The van der Waals surface area contributed by atoms with E-state index in [4.69, 9.17) is 4.98 Å². The van der Waals surface area contributed by atoms with Gasteiger partial charge in [-0.2, -0.15) is 0 Å². The second kappa shape index (κ2) is 11.0. The molecule has 0 spiro atoms. The van der Waals surface area contributed by atoms with Crippen molar-refractivity contribution in [1.82, 2.24) is 25.4 Å². The van der Waals surface area contributed by atoms with E-state index in [-0.39, 0.29) is 0 Å². The zero-order valence-corrected chi connectivity index (χ0v) is 18.5. The van der Waals surface area contributed by atoms with Gasteiger partial charge in [-0.1, -0.05) is 48.5 Å². The molecule has 0 bridgehead atoms. The minimum absolute atomic E-state index is 0.842. The number of aromatic nitrogens is 1. The molecule has 1 aromatic heterocycles. The summed E-state index contributed by atoms with van der Waals surface area (Å²) in [5.74, 6) is 0. The van der Waals surface area contributed by atoms with Crippen LogP contribution in [0.15, 0.2) is 66.7 Å². The van der Waals surface area contributed by atoms with Crippen molar-refractivity contribution in [2.75, 3.05) is 41.5 Å². The van der Waals surface area contributed by atoms with Gasteiger partial charge in [-0.25, -0.2) is 4.98 Å². The molecule has 2 aromatic carbocycles. The van der Waals surface area contributed by atoms with Gasteiger partial charge in [0.1, 0.15) is 0 Å². The van der Waals surface area contributed by atoms with Gasteiger partial charge in [0, 0.05) is 37.6 Å². The average molecular weight is 404 g/mol. The predicted octanol–water partition coefficient (Wildman–Crippen LogP) is 3.63. The summed E-state index contributed by atoms with van der Waals surface area (Å²) in [6, 6.07) is 23.5. The van der Waals surface area contributed by atoms with Crippen molar-refractivity contribution in [1.29, 1.82) is 0 Å². The molecular formula is C25H33N5. The molecule has 0 saturated carbocycles. The highest BCUT2D eigenvalue weighted by Crippen LogP contribution is 2.23. The van der Waals surface area contributed by atoms with Crippen LogP contribution in [0.25, 0.3) is 22.5 Å². The highest BCUT2D eigenvalue weighted by atomic mass is 15.2. The summed E-state index contributed by atoms with van der Waals surface area (Å²) in [6.45, 7) is 3.43. The summed E-state index contributed by atoms with van der Waals surface area (Å²) >= 11 is 0. The van der Waals surface area contributed by atoms with E-state index in [1.165, 1.54) is 11.1 Å². The number of benzene rings is 2. The molecule has 0 aliphatic carbocycles. The predicted molar refractivity (Wildman–Crippen MR) is 126 cm³/mol. The van der Waals surface area contributed by atoms with Crippen LogP contribution in [-0.4, -0.2) is 56.3 Å². The molecule has 0 saturated heterocycles. The zero-order valence-electron chi connectivity index (χ0n) is 18.5. The first-order chi connectivity index (χ1) is 14.5. The third kappa shape index (κ3) is 6.75. The fourth-order valence-electron chi connectivity index (χ4n) is 3.24. The van der Waals surface area contributed by atoms with Gasteiger partial charge in [0.2, 0.25) is 0 Å². The van der Waals surface area contributed by atoms with Crippen LogP contribution in [0.5, 0.6) is 0 Å². The molecule has 0 aliphatic rings. The van der Waals surface area contributed by atoms with Crippen LogP contribution in [0, 0.1) is 0 Å². The third-order valence-electron chi connectivity index (χ3n) is 4.74. The lowest BCUT2D eigenvalue weighted by molar-refractivity contribution is 0.367. The molecule has 0 unspecified atom stereocenters. The Kier molecular flexibility index (Phi) is 8.11. The summed E-state index contributed by atoms with van der Waals surface area (Å²) in [7, 11) is 8.24. The van der Waals surface area contributed by atoms with Crippen molar-refractivity contribution in [2.24, 2.45) is 0 Å². The molecule has 3 rings (SSSR count). The number of nitrogens with one attached hydrogen (secondary N) is 2. The second-order valence-electron chi connectivity index (χ2n) is 8.13. The number of nitrogens with zero attached hydrogens (tertiary/aromatic N) is 3. The fraction of sp³-hybridized carbons (Fsp3) is 0.320. The standard InChI is InChI=1S/C25H33N5/c1-29(2)18-26-16-20-11-13-22(14-12-20)24-9-6-10-25(28-24)23-8-5-7-21(15-23)17-27-19-30(3)4/h5-15,26-27H,16-19H2,1-4H3. The lowest BCUT2D eigenvalue weighted by Gasteiger charge is -2.12. The van der Waals surface area contributed by atoms with Crippen molar-refractivity contribution in [2.45, 2.75) is 13.1 Å². The summed E-state index contributed by atoms with van der Waals surface area (Å²) in [5, 5.41) is 6.86. The summed E-state index contributed by atoms with van der Waals surface area (Å²) in [5.41, 5.74) is 6.81. The first kappa shape index (κ1) is 22.1. The molecule has 0 amide bonds. The Morgan fingerprint density at radius 1 is 0.633 bits per heavy atom. The Labute approximate surface area is 180 Å². The Balaban J connectivity index is 1.70. The maximum atomic E-state index is 4.93. The van der Waals surface area contributed by atoms with Gasteiger partial charge in [0.15, 0.2) is 0 Å². The van der Waals surface area contributed by atoms with Crippen LogP contribution >= 0.6 is 0 Å². The second-order valence-corrected chi connectivity index (χ2v) is 8.13. The first-order valence-corrected chi connectivity index (χ1v) is 10.4. The van der Waals surface area contributed by atoms with Crippen LogP contribution in [0.4, 0.5) is 0 Å². The van der Waals surface area contributed by atoms with E-state index in [1.54, 1.807) is 0 Å². The number of rotatable bonds is 10. The SMILES string of the molecule is CN(C)CNCc1ccc(-c2cccc(-c3cccc(CNCN(C)C)c3)n2)cc1. The van der Waals surface area contributed by atoms with E-state index in [1.807, 2.05) is 0 Å². The Bertz CT molecular complexity index is 919. The van der Waals surface area contributed by atoms with Gasteiger partial charge < -0.3 is 10.6 Å². The molecule has 1 heterocycles. The third-order valence-corrected chi connectivity index (χ3v) is 4.74. The molecule has 0 radical (unpaired) electrons. The molecule has 5 heteroatoms. The summed E-state index contributed by atoms with van der Waals surface area (Å²) in [4.78, 5) is 9.17. The smallest absolute Gasteiger partial charge is 0.0709 e. The van der Waals surface area contributed by atoms with Crippen molar-refractivity contribution in [3.05, 3.63) is 77.9 Å². The van der Waals surface area contributed by atoms with Gasteiger partial charge in [-0.15, -0.1) is 0 Å². The lowest BCUT2D eigenvalue weighted by atomic mass is 10.0. The van der Waals surface area contributed by atoms with Crippen LogP contribution in [0.1, 0.15) is 11.1 Å². The molecular weight excluding hydrogens is 370 g/mol. The van der Waals surface area contributed by atoms with Crippen molar-refractivity contribution < 1.29 is 0 Å².